The van der Waals surface area contributed by atoms with Gasteiger partial charge in [-0.1, -0.05) is 28.1 Å². The average Bonchev–Trinajstić information content (AvgIpc) is 2.19. The Hall–Kier alpha value is -0.800. The number of halogens is 1. The molecule has 0 aliphatic carbocycles. The molecule has 2 nitrogen and oxygen atoms in total. The summed E-state index contributed by atoms with van der Waals surface area (Å²) in [5.41, 5.74) is 8.12. The van der Waals surface area contributed by atoms with Gasteiger partial charge in [0, 0.05) is 28.8 Å². The molecule has 17 heavy (non-hydrogen) atoms. The molecule has 0 saturated heterocycles. The van der Waals surface area contributed by atoms with Crippen LogP contribution in [0.1, 0.15) is 26.3 Å². The standard InChI is InChI=1S/C14H21BrN2/c1-5-8-17(14(2,3)4)10-11-6-7-12(15)9-13(11)16/h5-7,9H,1,8,10,16H2,2-4H3. The molecule has 1 rings (SSSR count). The van der Waals surface area contributed by atoms with Crippen molar-refractivity contribution in [3.63, 3.8) is 0 Å². The fraction of sp³-hybridized carbons (Fsp3) is 0.429. The summed E-state index contributed by atoms with van der Waals surface area (Å²) < 4.78 is 1.02. The molecule has 0 radical (unpaired) electrons. The minimum absolute atomic E-state index is 0.105. The maximum Gasteiger partial charge on any atom is 0.0371 e. The molecule has 0 fully saturated rings. The van der Waals surface area contributed by atoms with Crippen molar-refractivity contribution in [2.24, 2.45) is 0 Å². The minimum Gasteiger partial charge on any atom is -0.398 e. The summed E-state index contributed by atoms with van der Waals surface area (Å²) in [4.78, 5) is 2.35. The first-order chi connectivity index (χ1) is 7.84. The molecular formula is C14H21BrN2. The highest BCUT2D eigenvalue weighted by Crippen LogP contribution is 2.23. The second kappa shape index (κ2) is 5.69. The Morgan fingerprint density at radius 1 is 1.41 bits per heavy atom. The minimum atomic E-state index is 0.105. The normalized spacial score (nSPS) is 11.8. The fourth-order valence-electron chi connectivity index (χ4n) is 1.65. The monoisotopic (exact) mass is 296 g/mol. The van der Waals surface area contributed by atoms with Gasteiger partial charge in [-0.05, 0) is 38.5 Å². The average molecular weight is 297 g/mol. The van der Waals surface area contributed by atoms with Crippen molar-refractivity contribution >= 4 is 21.6 Å². The van der Waals surface area contributed by atoms with Crippen LogP contribution in [0.15, 0.2) is 35.3 Å². The zero-order valence-corrected chi connectivity index (χ0v) is 12.4. The van der Waals surface area contributed by atoms with Crippen LogP contribution in [0, 0.1) is 0 Å². The van der Waals surface area contributed by atoms with Gasteiger partial charge in [0.25, 0.3) is 0 Å². The van der Waals surface area contributed by atoms with Gasteiger partial charge in [0.1, 0.15) is 0 Å². The molecular weight excluding hydrogens is 276 g/mol. The molecule has 0 heterocycles. The van der Waals surface area contributed by atoms with E-state index in [1.807, 2.05) is 18.2 Å². The number of nitrogens with zero attached hydrogens (tertiary/aromatic N) is 1. The number of hydrogen-bond acceptors (Lipinski definition) is 2. The Kier molecular flexibility index (Phi) is 4.78. The Labute approximate surface area is 113 Å². The van der Waals surface area contributed by atoms with Crippen LogP contribution in [0.5, 0.6) is 0 Å². The molecule has 0 bridgehead atoms. The van der Waals surface area contributed by atoms with E-state index in [0.29, 0.717) is 0 Å². The number of nitrogens with two attached hydrogens (primary N) is 1. The lowest BCUT2D eigenvalue weighted by molar-refractivity contribution is 0.146. The summed E-state index contributed by atoms with van der Waals surface area (Å²) in [5.74, 6) is 0. The Morgan fingerprint density at radius 2 is 2.06 bits per heavy atom. The molecule has 0 aliphatic heterocycles. The third-order valence-corrected chi connectivity index (χ3v) is 3.26. The molecule has 0 aromatic heterocycles. The SMILES string of the molecule is C=CCN(Cc1ccc(Br)cc1N)C(C)(C)C. The van der Waals surface area contributed by atoms with Gasteiger partial charge < -0.3 is 5.73 Å². The predicted octanol–water partition coefficient (Wildman–Crippen LogP) is 3.82. The maximum absolute atomic E-state index is 6.03. The van der Waals surface area contributed by atoms with Gasteiger partial charge in [0.15, 0.2) is 0 Å². The molecule has 0 amide bonds. The van der Waals surface area contributed by atoms with Gasteiger partial charge in [0.2, 0.25) is 0 Å². The number of benzene rings is 1. The topological polar surface area (TPSA) is 29.3 Å². The van der Waals surface area contributed by atoms with Crippen molar-refractivity contribution in [3.05, 3.63) is 40.9 Å². The Morgan fingerprint density at radius 3 is 2.53 bits per heavy atom. The first-order valence-electron chi connectivity index (χ1n) is 5.74. The van der Waals surface area contributed by atoms with E-state index in [1.165, 1.54) is 0 Å². The lowest BCUT2D eigenvalue weighted by atomic mass is 10.0. The van der Waals surface area contributed by atoms with E-state index in [9.17, 15) is 0 Å². The van der Waals surface area contributed by atoms with Gasteiger partial charge in [0.05, 0.1) is 0 Å². The number of nitrogen functional groups attached to an aromatic ring is 1. The van der Waals surface area contributed by atoms with Gasteiger partial charge >= 0.3 is 0 Å². The van der Waals surface area contributed by atoms with E-state index < -0.39 is 0 Å². The second-order valence-electron chi connectivity index (χ2n) is 5.18. The predicted molar refractivity (Wildman–Crippen MR) is 78.9 cm³/mol. The highest BCUT2D eigenvalue weighted by molar-refractivity contribution is 9.10. The van der Waals surface area contributed by atoms with Crippen LogP contribution in [0.4, 0.5) is 5.69 Å². The molecule has 1 aromatic rings. The maximum atomic E-state index is 6.03. The molecule has 3 heteroatoms. The van der Waals surface area contributed by atoms with Gasteiger partial charge in [-0.2, -0.15) is 0 Å². The zero-order valence-electron chi connectivity index (χ0n) is 10.8. The number of hydrogen-bond donors (Lipinski definition) is 1. The summed E-state index contributed by atoms with van der Waals surface area (Å²) >= 11 is 3.42. The van der Waals surface area contributed by atoms with Crippen molar-refractivity contribution in [2.75, 3.05) is 12.3 Å². The van der Waals surface area contributed by atoms with Crippen molar-refractivity contribution in [1.29, 1.82) is 0 Å². The van der Waals surface area contributed by atoms with Gasteiger partial charge in [-0.25, -0.2) is 0 Å². The summed E-state index contributed by atoms with van der Waals surface area (Å²) in [6, 6.07) is 6.05. The molecule has 0 spiro atoms. The molecule has 0 saturated carbocycles. The lowest BCUT2D eigenvalue weighted by Gasteiger charge is -2.35. The molecule has 94 valence electrons. The Balaban J connectivity index is 2.90. The van der Waals surface area contributed by atoms with E-state index in [1.54, 1.807) is 0 Å². The van der Waals surface area contributed by atoms with E-state index in [0.717, 1.165) is 28.8 Å². The van der Waals surface area contributed by atoms with Crippen molar-refractivity contribution in [1.82, 2.24) is 4.90 Å². The van der Waals surface area contributed by atoms with Crippen LogP contribution in [-0.4, -0.2) is 17.0 Å². The first kappa shape index (κ1) is 14.3. The van der Waals surface area contributed by atoms with Crippen molar-refractivity contribution in [3.8, 4) is 0 Å². The summed E-state index contributed by atoms with van der Waals surface area (Å²) in [6.45, 7) is 12.1. The number of anilines is 1. The van der Waals surface area contributed by atoms with Crippen LogP contribution in [0.2, 0.25) is 0 Å². The van der Waals surface area contributed by atoms with E-state index in [-0.39, 0.29) is 5.54 Å². The van der Waals surface area contributed by atoms with E-state index in [2.05, 4.69) is 54.2 Å². The lowest BCUT2D eigenvalue weighted by Crippen LogP contribution is -2.40. The molecule has 0 aliphatic rings. The highest BCUT2D eigenvalue weighted by Gasteiger charge is 2.20. The van der Waals surface area contributed by atoms with E-state index >= 15 is 0 Å². The second-order valence-corrected chi connectivity index (χ2v) is 6.10. The molecule has 1 aromatic carbocycles. The first-order valence-corrected chi connectivity index (χ1v) is 6.53. The Bertz CT molecular complexity index is 394. The van der Waals surface area contributed by atoms with Crippen molar-refractivity contribution < 1.29 is 0 Å². The third-order valence-electron chi connectivity index (χ3n) is 2.77. The number of rotatable bonds is 4. The van der Waals surface area contributed by atoms with Crippen LogP contribution in [0.3, 0.4) is 0 Å². The van der Waals surface area contributed by atoms with Crippen LogP contribution in [0.25, 0.3) is 0 Å². The van der Waals surface area contributed by atoms with Gasteiger partial charge in [-0.3, -0.25) is 4.90 Å². The van der Waals surface area contributed by atoms with Crippen molar-refractivity contribution in [2.45, 2.75) is 32.9 Å². The molecule has 2 N–H and O–H groups in total. The zero-order chi connectivity index (χ0) is 13.1. The summed E-state index contributed by atoms with van der Waals surface area (Å²) in [7, 11) is 0. The molecule has 0 atom stereocenters. The molecule has 0 unspecified atom stereocenters. The quantitative estimate of drug-likeness (QED) is 0.676. The largest absolute Gasteiger partial charge is 0.398 e. The van der Waals surface area contributed by atoms with Crippen LogP contribution < -0.4 is 5.73 Å². The fourth-order valence-corrected chi connectivity index (χ4v) is 2.03. The van der Waals surface area contributed by atoms with E-state index in [4.69, 9.17) is 5.73 Å². The summed E-state index contributed by atoms with van der Waals surface area (Å²) in [5, 5.41) is 0. The summed E-state index contributed by atoms with van der Waals surface area (Å²) in [6.07, 6.45) is 1.93. The highest BCUT2D eigenvalue weighted by atomic mass is 79.9. The smallest absolute Gasteiger partial charge is 0.0371 e. The van der Waals surface area contributed by atoms with Crippen LogP contribution >= 0.6 is 15.9 Å². The van der Waals surface area contributed by atoms with Crippen LogP contribution in [-0.2, 0) is 6.54 Å². The van der Waals surface area contributed by atoms with Gasteiger partial charge in [-0.15, -0.1) is 6.58 Å². The third kappa shape index (κ3) is 4.17.